The molecule has 2 aromatic rings. The second-order valence-corrected chi connectivity index (χ2v) is 11.6. The van der Waals surface area contributed by atoms with Crippen molar-refractivity contribution < 1.29 is 13.2 Å². The van der Waals surface area contributed by atoms with Crippen LogP contribution < -0.4 is 4.90 Å². The standard InChI is InChI=1S/C25H32ClN3O3S/c1-27(2)25(30)23-9-8-21(18-24(23)26)28-14-10-19(11-15-28)20-12-16-29(17-13-20)33(31,32)22-6-4-3-5-7-22/h3-9,18-20H,10-17H2,1-2H3. The lowest BCUT2D eigenvalue weighted by Gasteiger charge is -2.40. The van der Waals surface area contributed by atoms with Crippen LogP contribution in [0.5, 0.6) is 0 Å². The summed E-state index contributed by atoms with van der Waals surface area (Å²) in [6.07, 6.45) is 4.02. The summed E-state index contributed by atoms with van der Waals surface area (Å²) in [6, 6.07) is 14.4. The van der Waals surface area contributed by atoms with Gasteiger partial charge in [0.1, 0.15) is 0 Å². The molecular formula is C25H32ClN3O3S. The van der Waals surface area contributed by atoms with Crippen LogP contribution in [-0.2, 0) is 10.0 Å². The number of halogens is 1. The first-order valence-electron chi connectivity index (χ1n) is 11.6. The Morgan fingerprint density at radius 2 is 1.48 bits per heavy atom. The van der Waals surface area contributed by atoms with Gasteiger partial charge in [-0.25, -0.2) is 8.42 Å². The summed E-state index contributed by atoms with van der Waals surface area (Å²) >= 11 is 6.40. The Labute approximate surface area is 202 Å². The second-order valence-electron chi connectivity index (χ2n) is 9.24. The molecule has 0 spiro atoms. The van der Waals surface area contributed by atoms with Crippen LogP contribution in [0.4, 0.5) is 5.69 Å². The van der Waals surface area contributed by atoms with Gasteiger partial charge in [0.2, 0.25) is 10.0 Å². The molecule has 2 aliphatic heterocycles. The Bertz CT molecular complexity index is 1080. The first kappa shape index (κ1) is 24.0. The Kier molecular flexibility index (Phi) is 7.31. The van der Waals surface area contributed by atoms with E-state index in [4.69, 9.17) is 11.6 Å². The molecule has 2 aliphatic rings. The number of hydrogen-bond acceptors (Lipinski definition) is 4. The van der Waals surface area contributed by atoms with E-state index in [1.165, 1.54) is 4.90 Å². The zero-order chi connectivity index (χ0) is 23.6. The molecule has 33 heavy (non-hydrogen) atoms. The summed E-state index contributed by atoms with van der Waals surface area (Å²) in [5, 5.41) is 0.486. The molecule has 1 amide bonds. The lowest BCUT2D eigenvalue weighted by Crippen LogP contribution is -2.42. The zero-order valence-electron chi connectivity index (χ0n) is 19.3. The third kappa shape index (κ3) is 5.20. The van der Waals surface area contributed by atoms with Crippen molar-refractivity contribution in [3.8, 4) is 0 Å². The molecule has 0 N–H and O–H groups in total. The largest absolute Gasteiger partial charge is 0.371 e. The maximum Gasteiger partial charge on any atom is 0.254 e. The van der Waals surface area contributed by atoms with Crippen LogP contribution in [0.2, 0.25) is 5.02 Å². The van der Waals surface area contributed by atoms with Crippen molar-refractivity contribution in [3.05, 3.63) is 59.1 Å². The Morgan fingerprint density at radius 1 is 0.909 bits per heavy atom. The van der Waals surface area contributed by atoms with E-state index in [0.717, 1.165) is 44.5 Å². The van der Waals surface area contributed by atoms with Gasteiger partial charge < -0.3 is 9.80 Å². The number of piperidine rings is 2. The van der Waals surface area contributed by atoms with Crippen molar-refractivity contribution in [2.24, 2.45) is 11.8 Å². The Balaban J connectivity index is 1.31. The maximum absolute atomic E-state index is 12.9. The number of carbonyl (C=O) groups excluding carboxylic acids is 1. The summed E-state index contributed by atoms with van der Waals surface area (Å²) in [4.78, 5) is 16.5. The molecule has 0 radical (unpaired) electrons. The molecule has 2 aromatic carbocycles. The number of carbonyl (C=O) groups is 1. The number of anilines is 1. The van der Waals surface area contributed by atoms with E-state index in [9.17, 15) is 13.2 Å². The summed E-state index contributed by atoms with van der Waals surface area (Å²) in [5.74, 6) is 1.09. The van der Waals surface area contributed by atoms with Gasteiger partial charge >= 0.3 is 0 Å². The molecule has 0 unspecified atom stereocenters. The topological polar surface area (TPSA) is 60.9 Å². The van der Waals surface area contributed by atoms with E-state index < -0.39 is 10.0 Å². The fourth-order valence-corrected chi connectivity index (χ4v) is 6.82. The van der Waals surface area contributed by atoms with Crippen molar-refractivity contribution in [1.82, 2.24) is 9.21 Å². The molecule has 4 rings (SSSR count). The van der Waals surface area contributed by atoms with Crippen LogP contribution in [0.1, 0.15) is 36.0 Å². The molecule has 0 atom stereocenters. The van der Waals surface area contributed by atoms with Crippen LogP contribution in [0.15, 0.2) is 53.4 Å². The van der Waals surface area contributed by atoms with Gasteiger partial charge in [-0.1, -0.05) is 29.8 Å². The molecular weight excluding hydrogens is 458 g/mol. The summed E-state index contributed by atoms with van der Waals surface area (Å²) in [7, 11) is 0.0477. The minimum absolute atomic E-state index is 0.0918. The minimum Gasteiger partial charge on any atom is -0.371 e. The van der Waals surface area contributed by atoms with E-state index in [2.05, 4.69) is 4.90 Å². The first-order valence-corrected chi connectivity index (χ1v) is 13.4. The van der Waals surface area contributed by atoms with Gasteiger partial charge in [-0.05, 0) is 67.9 Å². The average Bonchev–Trinajstić information content (AvgIpc) is 2.84. The number of rotatable bonds is 5. The predicted molar refractivity (Wildman–Crippen MR) is 132 cm³/mol. The van der Waals surface area contributed by atoms with Gasteiger partial charge in [-0.15, -0.1) is 0 Å². The maximum atomic E-state index is 12.9. The summed E-state index contributed by atoms with van der Waals surface area (Å²) in [5.41, 5.74) is 1.58. The molecule has 2 heterocycles. The molecule has 2 saturated heterocycles. The second kappa shape index (κ2) is 10.0. The van der Waals surface area contributed by atoms with E-state index >= 15 is 0 Å². The Morgan fingerprint density at radius 3 is 2.03 bits per heavy atom. The molecule has 0 aromatic heterocycles. The monoisotopic (exact) mass is 489 g/mol. The number of amides is 1. The fraction of sp³-hybridized carbons (Fsp3) is 0.480. The van der Waals surface area contributed by atoms with Crippen molar-refractivity contribution >= 4 is 33.2 Å². The van der Waals surface area contributed by atoms with Gasteiger partial charge in [0.05, 0.1) is 15.5 Å². The lowest BCUT2D eigenvalue weighted by molar-refractivity contribution is 0.0828. The highest BCUT2D eigenvalue weighted by Crippen LogP contribution is 2.36. The van der Waals surface area contributed by atoms with E-state index in [1.54, 1.807) is 42.7 Å². The first-order chi connectivity index (χ1) is 15.8. The van der Waals surface area contributed by atoms with Gasteiger partial charge in [-0.2, -0.15) is 4.31 Å². The molecule has 8 heteroatoms. The van der Waals surface area contributed by atoms with Crippen LogP contribution in [-0.4, -0.2) is 63.8 Å². The minimum atomic E-state index is -3.39. The van der Waals surface area contributed by atoms with E-state index in [0.29, 0.717) is 40.4 Å². The highest BCUT2D eigenvalue weighted by atomic mass is 35.5. The van der Waals surface area contributed by atoms with Crippen LogP contribution in [0, 0.1) is 11.8 Å². The van der Waals surface area contributed by atoms with E-state index in [-0.39, 0.29) is 5.91 Å². The van der Waals surface area contributed by atoms with Gasteiger partial charge in [-0.3, -0.25) is 4.79 Å². The van der Waals surface area contributed by atoms with Crippen molar-refractivity contribution in [2.45, 2.75) is 30.6 Å². The quantitative estimate of drug-likeness (QED) is 0.626. The van der Waals surface area contributed by atoms with Gasteiger partial charge in [0.15, 0.2) is 0 Å². The SMILES string of the molecule is CN(C)C(=O)c1ccc(N2CCC(C3CCN(S(=O)(=O)c4ccccc4)CC3)CC2)cc1Cl. The molecule has 0 aliphatic carbocycles. The third-order valence-electron chi connectivity index (χ3n) is 7.04. The lowest BCUT2D eigenvalue weighted by atomic mass is 9.79. The zero-order valence-corrected chi connectivity index (χ0v) is 20.9. The number of sulfonamides is 1. The van der Waals surface area contributed by atoms with Crippen LogP contribution >= 0.6 is 11.6 Å². The highest BCUT2D eigenvalue weighted by molar-refractivity contribution is 7.89. The number of nitrogens with zero attached hydrogens (tertiary/aromatic N) is 3. The smallest absolute Gasteiger partial charge is 0.254 e. The van der Waals surface area contributed by atoms with Crippen molar-refractivity contribution in [1.29, 1.82) is 0 Å². The predicted octanol–water partition coefficient (Wildman–Crippen LogP) is 4.36. The number of hydrogen-bond donors (Lipinski definition) is 0. The third-order valence-corrected chi connectivity index (χ3v) is 9.27. The van der Waals surface area contributed by atoms with Crippen LogP contribution in [0.3, 0.4) is 0 Å². The van der Waals surface area contributed by atoms with E-state index in [1.807, 2.05) is 24.3 Å². The summed E-state index contributed by atoms with van der Waals surface area (Å²) in [6.45, 7) is 3.09. The fourth-order valence-electron chi connectivity index (χ4n) is 5.07. The van der Waals surface area contributed by atoms with Crippen molar-refractivity contribution in [3.63, 3.8) is 0 Å². The molecule has 178 valence electrons. The Hall–Kier alpha value is -2.09. The van der Waals surface area contributed by atoms with Gasteiger partial charge in [0, 0.05) is 46.0 Å². The molecule has 2 fully saturated rings. The van der Waals surface area contributed by atoms with Crippen LogP contribution in [0.25, 0.3) is 0 Å². The summed E-state index contributed by atoms with van der Waals surface area (Å²) < 4.78 is 27.4. The number of benzene rings is 2. The average molecular weight is 490 g/mol. The molecule has 0 bridgehead atoms. The normalized spacial score (nSPS) is 18.9. The van der Waals surface area contributed by atoms with Gasteiger partial charge in [0.25, 0.3) is 5.91 Å². The molecule has 0 saturated carbocycles. The molecule has 6 nitrogen and oxygen atoms in total. The van der Waals surface area contributed by atoms with Crippen molar-refractivity contribution in [2.75, 3.05) is 45.2 Å². The highest BCUT2D eigenvalue weighted by Gasteiger charge is 2.34.